The van der Waals surface area contributed by atoms with Crippen molar-refractivity contribution in [1.82, 2.24) is 25.1 Å². The number of carbonyl (C=O) groups is 1. The normalized spacial score (nSPS) is 18.9. The van der Waals surface area contributed by atoms with Crippen molar-refractivity contribution >= 4 is 39.7 Å². The molecule has 1 saturated heterocycles. The lowest BCUT2D eigenvalue weighted by Crippen LogP contribution is -2.41. The Morgan fingerprint density at radius 2 is 2.09 bits per heavy atom. The van der Waals surface area contributed by atoms with Gasteiger partial charge in [-0.2, -0.15) is 5.10 Å². The smallest absolute Gasteiger partial charge is 0.306 e. The van der Waals surface area contributed by atoms with Crippen LogP contribution >= 0.6 is 0 Å². The lowest BCUT2D eigenvalue weighted by Gasteiger charge is -2.33. The van der Waals surface area contributed by atoms with Crippen LogP contribution in [0.4, 0.5) is 5.82 Å². The van der Waals surface area contributed by atoms with Gasteiger partial charge < -0.3 is 9.64 Å². The van der Waals surface area contributed by atoms with Crippen molar-refractivity contribution in [2.45, 2.75) is 31.8 Å². The molecule has 1 atom stereocenters. The van der Waals surface area contributed by atoms with E-state index in [0.717, 1.165) is 63.8 Å². The van der Waals surface area contributed by atoms with Crippen molar-refractivity contribution in [1.29, 1.82) is 0 Å². The second kappa shape index (κ2) is 7.71. The summed E-state index contributed by atoms with van der Waals surface area (Å²) in [7, 11) is 0. The van der Waals surface area contributed by atoms with E-state index in [1.165, 1.54) is 0 Å². The molecular formula is C24H22N6O2. The fourth-order valence-corrected chi connectivity index (χ4v) is 4.67. The van der Waals surface area contributed by atoms with Gasteiger partial charge in [-0.15, -0.1) is 0 Å². The number of pyridine rings is 1. The Morgan fingerprint density at radius 3 is 3.06 bits per heavy atom. The number of aromatic nitrogens is 5. The summed E-state index contributed by atoms with van der Waals surface area (Å²) in [6.45, 7) is 1.50. The summed E-state index contributed by atoms with van der Waals surface area (Å²) in [5, 5.41) is 9.15. The molecule has 1 unspecified atom stereocenters. The lowest BCUT2D eigenvalue weighted by atomic mass is 9.98. The Morgan fingerprint density at radius 1 is 1.12 bits per heavy atom. The first-order valence-corrected chi connectivity index (χ1v) is 10.9. The Balaban J connectivity index is 1.56. The summed E-state index contributed by atoms with van der Waals surface area (Å²) in [4.78, 5) is 28.5. The van der Waals surface area contributed by atoms with Crippen molar-refractivity contribution in [3.63, 3.8) is 0 Å². The summed E-state index contributed by atoms with van der Waals surface area (Å²) in [6.07, 6.45) is 12.0. The first kappa shape index (κ1) is 18.9. The molecule has 3 aliphatic rings. The van der Waals surface area contributed by atoms with Gasteiger partial charge in [0.2, 0.25) is 0 Å². The molecule has 0 aliphatic carbocycles. The van der Waals surface area contributed by atoms with Gasteiger partial charge in [0, 0.05) is 30.1 Å². The summed E-state index contributed by atoms with van der Waals surface area (Å²) in [5.74, 6) is 0.681. The van der Waals surface area contributed by atoms with Gasteiger partial charge in [-0.25, -0.2) is 9.97 Å². The third-order valence-corrected chi connectivity index (χ3v) is 6.20. The Labute approximate surface area is 184 Å². The average molecular weight is 426 g/mol. The molecule has 1 fully saturated rings. The summed E-state index contributed by atoms with van der Waals surface area (Å²) < 4.78 is 5.78. The van der Waals surface area contributed by atoms with E-state index in [0.29, 0.717) is 19.4 Å². The van der Waals surface area contributed by atoms with E-state index in [9.17, 15) is 4.79 Å². The van der Waals surface area contributed by atoms with Gasteiger partial charge in [0.1, 0.15) is 18.2 Å². The number of nitrogens with one attached hydrogen (secondary N) is 1. The molecule has 8 nitrogen and oxygen atoms in total. The number of aromatic amines is 1. The predicted molar refractivity (Wildman–Crippen MR) is 122 cm³/mol. The number of carbonyl (C=O) groups excluding carboxylic acids is 1. The number of anilines is 1. The number of hydrogen-bond donors (Lipinski definition) is 1. The number of piperidine rings is 1. The van der Waals surface area contributed by atoms with Gasteiger partial charge in [-0.05, 0) is 37.0 Å². The van der Waals surface area contributed by atoms with Gasteiger partial charge in [0.25, 0.3) is 0 Å². The molecule has 32 heavy (non-hydrogen) atoms. The Hall–Kier alpha value is -3.81. The second-order valence-electron chi connectivity index (χ2n) is 8.29. The van der Waals surface area contributed by atoms with Crippen molar-refractivity contribution in [3.05, 3.63) is 48.6 Å². The van der Waals surface area contributed by atoms with Crippen molar-refractivity contribution in [2.24, 2.45) is 0 Å². The molecule has 1 N–H and O–H groups in total. The molecule has 6 bridgehead atoms. The van der Waals surface area contributed by atoms with E-state index >= 15 is 0 Å². The van der Waals surface area contributed by atoms with E-state index in [1.54, 1.807) is 6.33 Å². The van der Waals surface area contributed by atoms with Crippen LogP contribution in [0.25, 0.3) is 39.1 Å². The molecule has 160 valence electrons. The first-order chi connectivity index (χ1) is 15.8. The monoisotopic (exact) mass is 426 g/mol. The molecule has 3 aliphatic heterocycles. The number of benzene rings is 1. The molecule has 3 aromatic heterocycles. The molecule has 6 heterocycles. The van der Waals surface area contributed by atoms with E-state index in [1.807, 2.05) is 42.7 Å². The van der Waals surface area contributed by atoms with Crippen molar-refractivity contribution < 1.29 is 9.53 Å². The number of esters is 1. The van der Waals surface area contributed by atoms with Crippen molar-refractivity contribution in [2.75, 3.05) is 18.0 Å². The van der Waals surface area contributed by atoms with Crippen molar-refractivity contribution in [3.8, 4) is 11.3 Å². The summed E-state index contributed by atoms with van der Waals surface area (Å²) >= 11 is 0. The summed E-state index contributed by atoms with van der Waals surface area (Å²) in [6, 6.07) is 6.07. The molecule has 0 saturated carbocycles. The number of H-pyrrole nitrogens is 1. The van der Waals surface area contributed by atoms with Crippen LogP contribution in [0.2, 0.25) is 0 Å². The lowest BCUT2D eigenvalue weighted by molar-refractivity contribution is -0.149. The van der Waals surface area contributed by atoms with Crippen LogP contribution in [0.15, 0.2) is 43.0 Å². The number of ether oxygens (including phenoxy) is 1. The number of fused-ring (bicyclic) bond motifs is 6. The third kappa shape index (κ3) is 3.28. The number of hydrogen-bond acceptors (Lipinski definition) is 7. The van der Waals surface area contributed by atoms with E-state index in [4.69, 9.17) is 9.72 Å². The minimum Gasteiger partial charge on any atom is -0.460 e. The molecule has 0 spiro atoms. The number of allylic oxidation sites excluding steroid dienone is 1. The number of nitrogens with zero attached hydrogens (tertiary/aromatic N) is 5. The maximum atomic E-state index is 12.4. The van der Waals surface area contributed by atoms with Crippen LogP contribution < -0.4 is 4.90 Å². The standard InChI is InChI=1S/C24H22N6O2/c31-22-6-2-1-4-15-7-8-19-17(12-28-29-19)23(15)21-10-20-18(11-25-21)24(27-14-26-20)30-9-3-5-16(13-30)32-22/h1,4,7-8,10-12,14,16H,2-3,5-6,9,13H2,(H,28,29). The van der Waals surface area contributed by atoms with E-state index in [-0.39, 0.29) is 12.1 Å². The summed E-state index contributed by atoms with van der Waals surface area (Å²) in [5.41, 5.74) is 4.61. The fourth-order valence-electron chi connectivity index (χ4n) is 4.67. The molecule has 0 radical (unpaired) electrons. The molecule has 4 aromatic rings. The van der Waals surface area contributed by atoms with Crippen LogP contribution in [0.5, 0.6) is 0 Å². The third-order valence-electron chi connectivity index (χ3n) is 6.20. The van der Waals surface area contributed by atoms with Crippen LogP contribution in [0.1, 0.15) is 31.2 Å². The highest BCUT2D eigenvalue weighted by atomic mass is 16.5. The zero-order valence-electron chi connectivity index (χ0n) is 17.5. The average Bonchev–Trinajstić information content (AvgIpc) is 3.29. The zero-order chi connectivity index (χ0) is 21.5. The maximum absolute atomic E-state index is 12.4. The van der Waals surface area contributed by atoms with Gasteiger partial charge in [0.05, 0.1) is 34.9 Å². The second-order valence-corrected chi connectivity index (χ2v) is 8.29. The van der Waals surface area contributed by atoms with E-state index in [2.05, 4.69) is 25.1 Å². The topological polar surface area (TPSA) is 96.9 Å². The van der Waals surface area contributed by atoms with Crippen LogP contribution in [0.3, 0.4) is 0 Å². The van der Waals surface area contributed by atoms with Gasteiger partial charge in [-0.1, -0.05) is 18.2 Å². The zero-order valence-corrected chi connectivity index (χ0v) is 17.5. The van der Waals surface area contributed by atoms with E-state index < -0.39 is 0 Å². The highest BCUT2D eigenvalue weighted by molar-refractivity contribution is 6.00. The van der Waals surface area contributed by atoms with Gasteiger partial charge in [-0.3, -0.25) is 14.9 Å². The quantitative estimate of drug-likeness (QED) is 0.426. The molecular weight excluding hydrogens is 404 g/mol. The van der Waals surface area contributed by atoms with Gasteiger partial charge in [0.15, 0.2) is 0 Å². The van der Waals surface area contributed by atoms with Crippen LogP contribution in [-0.4, -0.2) is 50.3 Å². The Bertz CT molecular complexity index is 1360. The minimum absolute atomic E-state index is 0.125. The molecule has 8 heteroatoms. The fraction of sp³-hybridized carbons (Fsp3) is 0.292. The first-order valence-electron chi connectivity index (χ1n) is 10.9. The molecule has 0 amide bonds. The maximum Gasteiger partial charge on any atom is 0.306 e. The minimum atomic E-state index is -0.156. The SMILES string of the molecule is O=C1CCC=Cc2ccc3[nH]ncc3c2-c2cc3ncnc(c3cn2)N2CCCC(C2)O1. The molecule has 1 aromatic carbocycles. The highest BCUT2D eigenvalue weighted by Crippen LogP contribution is 2.34. The van der Waals surface area contributed by atoms with Gasteiger partial charge >= 0.3 is 5.97 Å². The predicted octanol–water partition coefficient (Wildman–Crippen LogP) is 3.89. The highest BCUT2D eigenvalue weighted by Gasteiger charge is 2.25. The molecule has 7 rings (SSSR count). The number of rotatable bonds is 0. The van der Waals surface area contributed by atoms with Crippen LogP contribution in [0, 0.1) is 0 Å². The largest absolute Gasteiger partial charge is 0.460 e. The Kier molecular flexibility index (Phi) is 4.56. The van der Waals surface area contributed by atoms with Crippen LogP contribution in [-0.2, 0) is 9.53 Å².